The Kier molecular flexibility index (Phi) is 5.76. The molecule has 3 aromatic rings. The number of amides is 1. The number of nitrogens with one attached hydrogen (secondary N) is 2. The van der Waals surface area contributed by atoms with Crippen molar-refractivity contribution in [3.63, 3.8) is 0 Å². The van der Waals surface area contributed by atoms with Crippen LogP contribution in [0.3, 0.4) is 0 Å². The zero-order valence-electron chi connectivity index (χ0n) is 18.2. The summed E-state index contributed by atoms with van der Waals surface area (Å²) in [6.07, 6.45) is 2.66. The molecule has 1 aliphatic heterocycles. The van der Waals surface area contributed by atoms with Crippen LogP contribution in [-0.4, -0.2) is 19.0 Å². The summed E-state index contributed by atoms with van der Waals surface area (Å²) in [6.45, 7) is 2.25. The summed E-state index contributed by atoms with van der Waals surface area (Å²) in [5, 5.41) is 7.75. The van der Waals surface area contributed by atoms with Crippen molar-refractivity contribution in [2.75, 3.05) is 12.4 Å². The van der Waals surface area contributed by atoms with E-state index in [1.54, 1.807) is 53.8 Å². The zero-order valence-corrected chi connectivity index (χ0v) is 19.8. The van der Waals surface area contributed by atoms with Gasteiger partial charge in [0.15, 0.2) is 11.5 Å². The predicted octanol–water partition coefficient (Wildman–Crippen LogP) is 5.61. The molecule has 2 atom stereocenters. The van der Waals surface area contributed by atoms with Crippen LogP contribution in [0.4, 0.5) is 5.00 Å². The quantitative estimate of drug-likeness (QED) is 0.373. The van der Waals surface area contributed by atoms with Gasteiger partial charge in [0.2, 0.25) is 0 Å². The zero-order chi connectivity index (χ0) is 23.1. The number of anilines is 1. The van der Waals surface area contributed by atoms with Crippen LogP contribution in [0.25, 0.3) is 0 Å². The van der Waals surface area contributed by atoms with E-state index in [9.17, 15) is 9.59 Å². The Morgan fingerprint density at radius 1 is 1.15 bits per heavy atom. The predicted molar refractivity (Wildman–Crippen MR) is 129 cm³/mol. The van der Waals surface area contributed by atoms with Gasteiger partial charge in [-0.05, 0) is 60.6 Å². The molecule has 6 nitrogen and oxygen atoms in total. The number of carbonyl (C=O) groups excluding carboxylic acids is 2. The maximum atomic E-state index is 13.0. The van der Waals surface area contributed by atoms with Gasteiger partial charge in [0.05, 0.1) is 23.3 Å². The summed E-state index contributed by atoms with van der Waals surface area (Å²) in [7, 11) is 1.51. The molecule has 0 saturated heterocycles. The van der Waals surface area contributed by atoms with Crippen LogP contribution in [-0.2, 0) is 12.8 Å². The first-order valence-electron chi connectivity index (χ1n) is 10.8. The molecule has 1 amide bonds. The van der Waals surface area contributed by atoms with Crippen molar-refractivity contribution in [1.29, 1.82) is 0 Å². The normalized spacial score (nSPS) is 19.1. The van der Waals surface area contributed by atoms with Crippen LogP contribution in [0.2, 0.25) is 5.02 Å². The van der Waals surface area contributed by atoms with Crippen molar-refractivity contribution >= 4 is 39.8 Å². The minimum atomic E-state index is -0.571. The van der Waals surface area contributed by atoms with Gasteiger partial charge in [-0.1, -0.05) is 36.7 Å². The van der Waals surface area contributed by atoms with Crippen LogP contribution < -0.4 is 20.1 Å². The number of hydrogen-bond acceptors (Lipinski definition) is 6. The van der Waals surface area contributed by atoms with E-state index in [0.29, 0.717) is 16.7 Å². The lowest BCUT2D eigenvalue weighted by molar-refractivity contribution is 0.0729. The highest BCUT2D eigenvalue weighted by Gasteiger charge is 2.33. The molecule has 1 aliphatic carbocycles. The maximum absolute atomic E-state index is 13.0. The second kappa shape index (κ2) is 8.72. The second-order valence-corrected chi connectivity index (χ2v) is 9.90. The Morgan fingerprint density at radius 3 is 2.76 bits per heavy atom. The summed E-state index contributed by atoms with van der Waals surface area (Å²) >= 11 is 7.79. The van der Waals surface area contributed by atoms with Gasteiger partial charge in [-0.25, -0.2) is 4.79 Å². The third kappa shape index (κ3) is 4.07. The molecule has 5 rings (SSSR count). The van der Waals surface area contributed by atoms with Gasteiger partial charge in [-0.2, -0.15) is 0 Å². The number of carbonyl (C=O) groups is 2. The number of methoxy groups -OCH3 is 1. The summed E-state index contributed by atoms with van der Waals surface area (Å²) in [5.41, 5.74) is 3.05. The summed E-state index contributed by atoms with van der Waals surface area (Å²) in [4.78, 5) is 26.8. The fraction of sp³-hybridized carbons (Fsp3) is 0.280. The first-order valence-corrected chi connectivity index (χ1v) is 12.0. The number of benzene rings is 2. The average molecular weight is 483 g/mol. The van der Waals surface area contributed by atoms with E-state index < -0.39 is 12.1 Å². The molecule has 33 heavy (non-hydrogen) atoms. The Hall–Kier alpha value is -3.03. The third-order valence-corrected chi connectivity index (χ3v) is 7.62. The standard InChI is InChI=1S/C25H23ClN2O4S/c1-13-7-9-16-20(11-13)33-24-21(16)23(29)27-22(28-24)14-8-10-18(19(12-14)31-2)32-25(30)15-5-3-4-6-17(15)26/h3-6,8,10,12-13,22,28H,7,9,11H2,1-2H3,(H,27,29)/t13-,22-/m1/s1. The molecule has 1 aromatic heterocycles. The van der Waals surface area contributed by atoms with Crippen molar-refractivity contribution in [3.05, 3.63) is 74.6 Å². The summed E-state index contributed by atoms with van der Waals surface area (Å²) in [6, 6.07) is 11.9. The Morgan fingerprint density at radius 2 is 1.97 bits per heavy atom. The van der Waals surface area contributed by atoms with Crippen molar-refractivity contribution in [1.82, 2.24) is 5.32 Å². The summed E-state index contributed by atoms with van der Waals surface area (Å²) < 4.78 is 11.0. The van der Waals surface area contributed by atoms with Gasteiger partial charge in [0, 0.05) is 4.88 Å². The molecule has 0 radical (unpaired) electrons. The number of thiophene rings is 1. The van der Waals surface area contributed by atoms with Crippen molar-refractivity contribution < 1.29 is 19.1 Å². The van der Waals surface area contributed by atoms with E-state index in [-0.39, 0.29) is 17.2 Å². The number of ether oxygens (including phenoxy) is 2. The molecule has 170 valence electrons. The molecular weight excluding hydrogens is 460 g/mol. The van der Waals surface area contributed by atoms with E-state index in [1.807, 2.05) is 0 Å². The highest BCUT2D eigenvalue weighted by molar-refractivity contribution is 7.16. The molecule has 0 bridgehead atoms. The van der Waals surface area contributed by atoms with Crippen LogP contribution in [0, 0.1) is 5.92 Å². The van der Waals surface area contributed by atoms with Crippen LogP contribution >= 0.6 is 22.9 Å². The lowest BCUT2D eigenvalue weighted by atomic mass is 9.88. The minimum Gasteiger partial charge on any atom is -0.493 e. The number of fused-ring (bicyclic) bond motifs is 3. The highest BCUT2D eigenvalue weighted by Crippen LogP contribution is 2.43. The molecule has 0 fully saturated rings. The molecule has 2 N–H and O–H groups in total. The van der Waals surface area contributed by atoms with E-state index in [4.69, 9.17) is 21.1 Å². The van der Waals surface area contributed by atoms with Crippen molar-refractivity contribution in [2.45, 2.75) is 32.4 Å². The van der Waals surface area contributed by atoms with E-state index in [2.05, 4.69) is 17.6 Å². The lowest BCUT2D eigenvalue weighted by Crippen LogP contribution is -2.38. The first-order chi connectivity index (χ1) is 15.9. The maximum Gasteiger partial charge on any atom is 0.345 e. The molecule has 0 saturated carbocycles. The second-order valence-electron chi connectivity index (χ2n) is 8.39. The van der Waals surface area contributed by atoms with Gasteiger partial charge in [-0.3, -0.25) is 4.79 Å². The molecule has 0 spiro atoms. The number of esters is 1. The molecular formula is C25H23ClN2O4S. The van der Waals surface area contributed by atoms with Gasteiger partial charge in [0.1, 0.15) is 11.2 Å². The number of halogens is 1. The van der Waals surface area contributed by atoms with Crippen LogP contribution in [0.1, 0.15) is 56.2 Å². The van der Waals surface area contributed by atoms with Gasteiger partial charge in [0.25, 0.3) is 5.91 Å². The SMILES string of the molecule is COc1cc([C@@H]2NC(=O)c3c(sc4c3CC[C@@H](C)C4)N2)ccc1OC(=O)c1ccccc1Cl. The van der Waals surface area contributed by atoms with Gasteiger partial charge in [-0.15, -0.1) is 11.3 Å². The van der Waals surface area contributed by atoms with E-state index >= 15 is 0 Å². The third-order valence-electron chi connectivity index (χ3n) is 6.11. The Labute approximate surface area is 200 Å². The molecule has 2 heterocycles. The monoisotopic (exact) mass is 482 g/mol. The largest absolute Gasteiger partial charge is 0.493 e. The lowest BCUT2D eigenvalue weighted by Gasteiger charge is -2.27. The summed E-state index contributed by atoms with van der Waals surface area (Å²) in [5.74, 6) is 0.665. The van der Waals surface area contributed by atoms with Crippen molar-refractivity contribution in [3.8, 4) is 11.5 Å². The molecule has 0 unspecified atom stereocenters. The highest BCUT2D eigenvalue weighted by atomic mass is 35.5. The van der Waals surface area contributed by atoms with Crippen LogP contribution in [0.5, 0.6) is 11.5 Å². The first kappa shape index (κ1) is 21.8. The fourth-order valence-corrected chi connectivity index (χ4v) is 6.01. The van der Waals surface area contributed by atoms with Crippen LogP contribution in [0.15, 0.2) is 42.5 Å². The minimum absolute atomic E-state index is 0.0611. The molecule has 2 aromatic carbocycles. The molecule has 8 heteroatoms. The van der Waals surface area contributed by atoms with Crippen molar-refractivity contribution in [2.24, 2.45) is 5.92 Å². The Bertz CT molecular complexity index is 1260. The van der Waals surface area contributed by atoms with E-state index in [1.165, 1.54) is 17.6 Å². The van der Waals surface area contributed by atoms with Gasteiger partial charge >= 0.3 is 5.97 Å². The van der Waals surface area contributed by atoms with Gasteiger partial charge < -0.3 is 20.1 Å². The number of rotatable bonds is 4. The average Bonchev–Trinajstić information content (AvgIpc) is 3.17. The van der Waals surface area contributed by atoms with E-state index in [0.717, 1.165) is 35.4 Å². The smallest absolute Gasteiger partial charge is 0.345 e. The topological polar surface area (TPSA) is 76.7 Å². The number of hydrogen-bond donors (Lipinski definition) is 2. The fourth-order valence-electron chi connectivity index (χ4n) is 4.36. The Balaban J connectivity index is 1.39. The molecule has 2 aliphatic rings.